The summed E-state index contributed by atoms with van der Waals surface area (Å²) in [5, 5.41) is 4.92. The van der Waals surface area contributed by atoms with Gasteiger partial charge in [0.2, 0.25) is 5.82 Å². The van der Waals surface area contributed by atoms with Gasteiger partial charge in [-0.1, -0.05) is 0 Å². The van der Waals surface area contributed by atoms with E-state index in [-0.39, 0.29) is 0 Å². The van der Waals surface area contributed by atoms with Gasteiger partial charge in [-0.15, -0.1) is 5.10 Å². The molecular weight excluding hydrogens is 392 g/mol. The summed E-state index contributed by atoms with van der Waals surface area (Å²) >= 11 is 5.90. The lowest BCUT2D eigenvalue weighted by Crippen LogP contribution is -2.29. The quantitative estimate of drug-likeness (QED) is 0.514. The Morgan fingerprint density at radius 1 is 1.24 bits per heavy atom. The van der Waals surface area contributed by atoms with Crippen LogP contribution in [0, 0.1) is 0 Å². The summed E-state index contributed by atoms with van der Waals surface area (Å²) in [5.74, 6) is 2.38. The first-order valence-corrected chi connectivity index (χ1v) is 10.1. The predicted molar refractivity (Wildman–Crippen MR) is 108 cm³/mol. The van der Waals surface area contributed by atoms with Gasteiger partial charge in [0, 0.05) is 6.04 Å². The Morgan fingerprint density at radius 2 is 2.17 bits per heavy atom. The molecule has 4 aromatic heterocycles. The van der Waals surface area contributed by atoms with Crippen LogP contribution in [-0.2, 0) is 13.0 Å². The van der Waals surface area contributed by atoms with Crippen LogP contribution in [0.4, 0.5) is 5.82 Å². The summed E-state index contributed by atoms with van der Waals surface area (Å²) in [4.78, 5) is 11.4. The molecule has 0 aliphatic carbocycles. The van der Waals surface area contributed by atoms with E-state index in [1.165, 1.54) is 6.42 Å². The van der Waals surface area contributed by atoms with Gasteiger partial charge in [-0.3, -0.25) is 4.90 Å². The molecule has 5 rings (SSSR count). The van der Waals surface area contributed by atoms with E-state index in [9.17, 15) is 0 Å². The molecule has 0 saturated carbocycles. The van der Waals surface area contributed by atoms with Crippen molar-refractivity contribution in [2.24, 2.45) is 0 Å². The number of anilines is 1. The van der Waals surface area contributed by atoms with Crippen molar-refractivity contribution in [1.29, 1.82) is 0 Å². The van der Waals surface area contributed by atoms with Crippen molar-refractivity contribution in [3.05, 3.63) is 53.4 Å². The first-order chi connectivity index (χ1) is 14.2. The molecule has 2 N–H and O–H groups in total. The highest BCUT2D eigenvalue weighted by Crippen LogP contribution is 2.26. The molecule has 0 amide bonds. The normalized spacial score (nSPS) is 17.5. The van der Waals surface area contributed by atoms with E-state index in [0.717, 1.165) is 43.8 Å². The SMILES string of the molecule is Nc1nc(CC[C@@H]2CCCN2Cc2ccc(Cl)o2)cn2nc(-c3ccco3)nc12. The average molecular weight is 413 g/mol. The zero-order valence-corrected chi connectivity index (χ0v) is 16.5. The lowest BCUT2D eigenvalue weighted by Gasteiger charge is -2.23. The van der Waals surface area contributed by atoms with Gasteiger partial charge in [-0.05, 0) is 68.1 Å². The Balaban J connectivity index is 1.29. The molecule has 0 bridgehead atoms. The molecule has 0 spiro atoms. The second kappa shape index (κ2) is 7.53. The number of nitrogen functional groups attached to an aromatic ring is 1. The van der Waals surface area contributed by atoms with Crippen LogP contribution in [0.15, 0.2) is 45.6 Å². The van der Waals surface area contributed by atoms with Crippen LogP contribution >= 0.6 is 11.6 Å². The molecule has 9 heteroatoms. The molecule has 1 aliphatic heterocycles. The number of halogens is 1. The fraction of sp³-hybridized carbons (Fsp3) is 0.350. The summed E-state index contributed by atoms with van der Waals surface area (Å²) in [7, 11) is 0. The molecule has 1 aliphatic rings. The molecule has 150 valence electrons. The minimum Gasteiger partial charge on any atom is -0.461 e. The van der Waals surface area contributed by atoms with Crippen molar-refractivity contribution < 1.29 is 8.83 Å². The number of fused-ring (bicyclic) bond motifs is 1. The number of likely N-dealkylation sites (tertiary alicyclic amines) is 1. The van der Waals surface area contributed by atoms with Crippen LogP contribution in [0.1, 0.15) is 30.7 Å². The van der Waals surface area contributed by atoms with E-state index in [1.807, 2.05) is 18.3 Å². The molecule has 0 unspecified atom stereocenters. The van der Waals surface area contributed by atoms with Crippen LogP contribution in [0.25, 0.3) is 17.2 Å². The maximum atomic E-state index is 6.14. The van der Waals surface area contributed by atoms with E-state index >= 15 is 0 Å². The predicted octanol–water partition coefficient (Wildman–Crippen LogP) is 3.81. The number of nitrogens with zero attached hydrogens (tertiary/aromatic N) is 5. The lowest BCUT2D eigenvalue weighted by atomic mass is 10.1. The zero-order chi connectivity index (χ0) is 19.8. The molecule has 1 atom stereocenters. The Kier molecular flexibility index (Phi) is 4.73. The van der Waals surface area contributed by atoms with Crippen LogP contribution in [0.5, 0.6) is 0 Å². The number of aromatic nitrogens is 4. The second-order valence-electron chi connectivity index (χ2n) is 7.31. The van der Waals surface area contributed by atoms with Crippen molar-refractivity contribution in [2.75, 3.05) is 12.3 Å². The molecule has 5 heterocycles. The summed E-state index contributed by atoms with van der Waals surface area (Å²) in [6.45, 7) is 1.84. The Labute approximate surface area is 172 Å². The van der Waals surface area contributed by atoms with E-state index < -0.39 is 0 Å². The maximum absolute atomic E-state index is 6.14. The van der Waals surface area contributed by atoms with Crippen LogP contribution < -0.4 is 5.73 Å². The third-order valence-corrected chi connectivity index (χ3v) is 5.56. The monoisotopic (exact) mass is 412 g/mol. The average Bonchev–Trinajstić information content (AvgIpc) is 3.48. The largest absolute Gasteiger partial charge is 0.461 e. The highest BCUT2D eigenvalue weighted by atomic mass is 35.5. The summed E-state index contributed by atoms with van der Waals surface area (Å²) in [6.07, 6.45) is 7.65. The molecule has 1 saturated heterocycles. The van der Waals surface area contributed by atoms with Crippen molar-refractivity contribution in [2.45, 2.75) is 38.3 Å². The fourth-order valence-electron chi connectivity index (χ4n) is 3.97. The fourth-order valence-corrected chi connectivity index (χ4v) is 4.14. The van der Waals surface area contributed by atoms with E-state index in [1.54, 1.807) is 22.9 Å². The first-order valence-electron chi connectivity index (χ1n) is 9.69. The van der Waals surface area contributed by atoms with Gasteiger partial charge in [0.25, 0.3) is 0 Å². The van der Waals surface area contributed by atoms with Gasteiger partial charge < -0.3 is 14.6 Å². The number of furan rings is 2. The smallest absolute Gasteiger partial charge is 0.218 e. The minimum absolute atomic E-state index is 0.376. The van der Waals surface area contributed by atoms with Crippen LogP contribution in [0.2, 0.25) is 5.22 Å². The van der Waals surface area contributed by atoms with E-state index in [2.05, 4.69) is 20.0 Å². The van der Waals surface area contributed by atoms with E-state index in [0.29, 0.717) is 34.3 Å². The number of aryl methyl sites for hydroxylation is 1. The summed E-state index contributed by atoms with van der Waals surface area (Å²) in [6, 6.07) is 7.83. The third-order valence-electron chi connectivity index (χ3n) is 5.36. The van der Waals surface area contributed by atoms with Crippen LogP contribution in [-0.4, -0.2) is 37.1 Å². The van der Waals surface area contributed by atoms with E-state index in [4.69, 9.17) is 26.2 Å². The first kappa shape index (κ1) is 18.2. The highest BCUT2D eigenvalue weighted by Gasteiger charge is 2.25. The van der Waals surface area contributed by atoms with Gasteiger partial charge in [0.1, 0.15) is 5.76 Å². The van der Waals surface area contributed by atoms with Gasteiger partial charge in [-0.2, -0.15) is 0 Å². The molecule has 1 fully saturated rings. The Bertz CT molecular complexity index is 1120. The molecule has 4 aromatic rings. The minimum atomic E-state index is 0.376. The Morgan fingerprint density at radius 3 is 2.97 bits per heavy atom. The molecular formula is C20H21ClN6O2. The summed E-state index contributed by atoms with van der Waals surface area (Å²) in [5.41, 5.74) is 7.58. The highest BCUT2D eigenvalue weighted by molar-refractivity contribution is 6.28. The third kappa shape index (κ3) is 3.73. The lowest BCUT2D eigenvalue weighted by molar-refractivity contribution is 0.216. The maximum Gasteiger partial charge on any atom is 0.218 e. The van der Waals surface area contributed by atoms with Gasteiger partial charge in [-0.25, -0.2) is 14.5 Å². The van der Waals surface area contributed by atoms with Gasteiger partial charge >= 0.3 is 0 Å². The number of rotatable bonds is 6. The van der Waals surface area contributed by atoms with Gasteiger partial charge in [0.05, 0.1) is 24.7 Å². The molecule has 0 radical (unpaired) electrons. The van der Waals surface area contributed by atoms with Gasteiger partial charge in [0.15, 0.2) is 22.4 Å². The second-order valence-corrected chi connectivity index (χ2v) is 7.68. The van der Waals surface area contributed by atoms with Crippen molar-refractivity contribution in [3.63, 3.8) is 0 Å². The standard InChI is InChI=1S/C20H21ClN6O2/c21-17-8-7-15(29-17)12-26-9-1-3-14(26)6-5-13-11-27-20(18(22)23-13)24-19(25-27)16-4-2-10-28-16/h2,4,7-8,10-11,14H,1,3,5-6,9,12H2,(H2,22,23)/t14-/m0/s1. The van der Waals surface area contributed by atoms with Crippen molar-refractivity contribution >= 4 is 23.1 Å². The Hall–Kier alpha value is -2.84. The van der Waals surface area contributed by atoms with Crippen molar-refractivity contribution in [1.82, 2.24) is 24.5 Å². The molecule has 0 aromatic carbocycles. The zero-order valence-electron chi connectivity index (χ0n) is 15.8. The van der Waals surface area contributed by atoms with Crippen LogP contribution in [0.3, 0.4) is 0 Å². The summed E-state index contributed by atoms with van der Waals surface area (Å²) < 4.78 is 12.6. The number of nitrogens with two attached hydrogens (primary N) is 1. The number of hydrogen-bond donors (Lipinski definition) is 1. The van der Waals surface area contributed by atoms with Crippen molar-refractivity contribution in [3.8, 4) is 11.6 Å². The molecule has 8 nitrogen and oxygen atoms in total. The molecule has 29 heavy (non-hydrogen) atoms. The topological polar surface area (TPSA) is 98.6 Å². The number of hydrogen-bond acceptors (Lipinski definition) is 7.